The molecule has 44 heavy (non-hydrogen) atoms. The number of pyridine rings is 1. The number of esters is 1. The number of carbonyl (C=O) groups excluding carboxylic acids is 2. The number of benzene rings is 3. The zero-order valence-corrected chi connectivity index (χ0v) is 24.3. The molecule has 1 aromatic heterocycles. The Labute approximate surface area is 253 Å². The van der Waals surface area contributed by atoms with E-state index < -0.39 is 23.0 Å². The van der Waals surface area contributed by atoms with Crippen LogP contribution in [-0.2, 0) is 4.79 Å². The fraction of sp³-hybridized carbons (Fsp3) is 0.265. The Morgan fingerprint density at radius 2 is 1.70 bits per heavy atom. The Hall–Kier alpha value is -4.99. The van der Waals surface area contributed by atoms with E-state index in [1.807, 2.05) is 6.07 Å². The first-order chi connectivity index (χ1) is 21.2. The van der Waals surface area contributed by atoms with Crippen molar-refractivity contribution in [3.8, 4) is 17.2 Å². The van der Waals surface area contributed by atoms with Gasteiger partial charge in [-0.05, 0) is 79.3 Å². The van der Waals surface area contributed by atoms with Crippen molar-refractivity contribution >= 4 is 23.3 Å². The summed E-state index contributed by atoms with van der Waals surface area (Å²) in [6.07, 6.45) is 5.27. The maximum atomic E-state index is 14.2. The maximum Gasteiger partial charge on any atom is 0.308 e. The molecule has 0 amide bonds. The van der Waals surface area contributed by atoms with Gasteiger partial charge in [-0.15, -0.1) is 0 Å². The SMILES string of the molecule is CC(=O)Oc1cccc(C2CCCC2)c1NCCCOc1ccc(-n2c(N)c(C(=O)c3ccc(F)cc3F)ccc2=O)cc1. The first kappa shape index (κ1) is 30.5. The molecule has 0 atom stereocenters. The molecule has 8 nitrogen and oxygen atoms in total. The molecule has 3 aromatic carbocycles. The lowest BCUT2D eigenvalue weighted by atomic mass is 9.95. The normalized spacial score (nSPS) is 13.1. The van der Waals surface area contributed by atoms with Crippen molar-refractivity contribution in [1.29, 1.82) is 0 Å². The summed E-state index contributed by atoms with van der Waals surface area (Å²) in [5.74, 6) is -1.61. The molecule has 5 rings (SSSR count). The van der Waals surface area contributed by atoms with Crippen molar-refractivity contribution in [2.75, 3.05) is 24.2 Å². The Balaban J connectivity index is 1.23. The summed E-state index contributed by atoms with van der Waals surface area (Å²) < 4.78 is 40.1. The zero-order valence-electron chi connectivity index (χ0n) is 24.3. The van der Waals surface area contributed by atoms with Gasteiger partial charge in [-0.2, -0.15) is 0 Å². The van der Waals surface area contributed by atoms with E-state index in [1.54, 1.807) is 30.3 Å². The minimum Gasteiger partial charge on any atom is -0.494 e. The third-order valence-corrected chi connectivity index (χ3v) is 7.64. The zero-order chi connectivity index (χ0) is 31.2. The monoisotopic (exact) mass is 601 g/mol. The molecule has 0 bridgehead atoms. The topological polar surface area (TPSA) is 113 Å². The molecule has 0 radical (unpaired) electrons. The Kier molecular flexibility index (Phi) is 9.38. The number of para-hydroxylation sites is 1. The summed E-state index contributed by atoms with van der Waals surface area (Å²) in [5.41, 5.74) is 7.68. The summed E-state index contributed by atoms with van der Waals surface area (Å²) in [6.45, 7) is 2.38. The first-order valence-corrected chi connectivity index (χ1v) is 14.5. The number of hydrogen-bond acceptors (Lipinski definition) is 7. The lowest BCUT2D eigenvalue weighted by Gasteiger charge is -2.20. The number of rotatable bonds is 11. The number of aromatic nitrogens is 1. The standard InChI is InChI=1S/C34H33F2N3O5/c1-21(40)44-30-9-4-8-26(22-6-2-3-7-22)32(30)38-18-5-19-43-25-13-11-24(12-14-25)39-31(41)17-16-28(34(39)37)33(42)27-15-10-23(35)20-29(27)36/h4,8-17,20,22,38H,2-3,5-7,18-19,37H2,1H3. The molecular formula is C34H33F2N3O5. The third kappa shape index (κ3) is 6.80. The molecule has 0 aliphatic heterocycles. The van der Waals surface area contributed by atoms with Crippen LogP contribution < -0.4 is 26.1 Å². The van der Waals surface area contributed by atoms with E-state index >= 15 is 0 Å². The molecule has 3 N–H and O–H groups in total. The van der Waals surface area contributed by atoms with Crippen LogP contribution in [0.15, 0.2) is 77.6 Å². The van der Waals surface area contributed by atoms with Crippen LogP contribution in [-0.4, -0.2) is 29.5 Å². The highest BCUT2D eigenvalue weighted by Gasteiger charge is 2.23. The van der Waals surface area contributed by atoms with Crippen LogP contribution in [0.2, 0.25) is 0 Å². The molecule has 4 aromatic rings. The number of carbonyl (C=O) groups is 2. The molecule has 1 saturated carbocycles. The van der Waals surface area contributed by atoms with Gasteiger partial charge in [0.15, 0.2) is 11.5 Å². The predicted molar refractivity (Wildman–Crippen MR) is 164 cm³/mol. The number of nitrogens with two attached hydrogens (primary N) is 1. The second kappa shape index (κ2) is 13.5. The van der Waals surface area contributed by atoms with E-state index in [2.05, 4.69) is 11.4 Å². The number of nitrogens with one attached hydrogen (secondary N) is 1. The van der Waals surface area contributed by atoms with Gasteiger partial charge in [0.05, 0.1) is 29.1 Å². The molecule has 1 fully saturated rings. The summed E-state index contributed by atoms with van der Waals surface area (Å²) in [7, 11) is 0. The third-order valence-electron chi connectivity index (χ3n) is 7.64. The van der Waals surface area contributed by atoms with Gasteiger partial charge in [0.1, 0.15) is 23.2 Å². The van der Waals surface area contributed by atoms with Gasteiger partial charge in [-0.25, -0.2) is 8.78 Å². The molecule has 0 unspecified atom stereocenters. The van der Waals surface area contributed by atoms with Crippen molar-refractivity contribution in [2.45, 2.75) is 44.9 Å². The van der Waals surface area contributed by atoms with Gasteiger partial charge in [-0.3, -0.25) is 19.0 Å². The molecule has 1 heterocycles. The van der Waals surface area contributed by atoms with Gasteiger partial charge in [0.25, 0.3) is 5.56 Å². The first-order valence-electron chi connectivity index (χ1n) is 14.5. The van der Waals surface area contributed by atoms with Crippen LogP contribution in [0.4, 0.5) is 20.3 Å². The van der Waals surface area contributed by atoms with E-state index in [1.165, 1.54) is 37.5 Å². The number of hydrogen-bond donors (Lipinski definition) is 2. The lowest BCUT2D eigenvalue weighted by molar-refractivity contribution is -0.131. The van der Waals surface area contributed by atoms with Crippen molar-refractivity contribution in [3.05, 3.63) is 111 Å². The fourth-order valence-corrected chi connectivity index (χ4v) is 5.55. The van der Waals surface area contributed by atoms with Crippen molar-refractivity contribution < 1.29 is 27.8 Å². The van der Waals surface area contributed by atoms with Gasteiger partial charge in [0, 0.05) is 25.6 Å². The minimum absolute atomic E-state index is 0.0886. The van der Waals surface area contributed by atoms with E-state index in [9.17, 15) is 23.2 Å². The van der Waals surface area contributed by atoms with Crippen LogP contribution in [0.1, 0.15) is 66.4 Å². The molecule has 1 aliphatic carbocycles. The molecule has 228 valence electrons. The molecule has 0 spiro atoms. The van der Waals surface area contributed by atoms with Crippen LogP contribution in [0.25, 0.3) is 5.69 Å². The number of ether oxygens (including phenoxy) is 2. The molecule has 10 heteroatoms. The van der Waals surface area contributed by atoms with Crippen molar-refractivity contribution in [2.24, 2.45) is 0 Å². The average Bonchev–Trinajstić information content (AvgIpc) is 3.53. The molecular weight excluding hydrogens is 568 g/mol. The minimum atomic E-state index is -1.02. The van der Waals surface area contributed by atoms with E-state index in [0.29, 0.717) is 48.7 Å². The van der Waals surface area contributed by atoms with Gasteiger partial charge < -0.3 is 20.5 Å². The highest BCUT2D eigenvalue weighted by atomic mass is 19.1. The summed E-state index contributed by atoms with van der Waals surface area (Å²) in [6, 6.07) is 17.4. The maximum absolute atomic E-state index is 14.2. The summed E-state index contributed by atoms with van der Waals surface area (Å²) >= 11 is 0. The smallest absolute Gasteiger partial charge is 0.308 e. The van der Waals surface area contributed by atoms with Crippen LogP contribution in [0, 0.1) is 11.6 Å². The number of ketones is 1. The molecule has 1 aliphatic rings. The Morgan fingerprint density at radius 3 is 2.41 bits per heavy atom. The predicted octanol–water partition coefficient (Wildman–Crippen LogP) is 6.39. The van der Waals surface area contributed by atoms with E-state index in [0.717, 1.165) is 35.2 Å². The Bertz CT molecular complexity index is 1730. The number of anilines is 2. The molecule has 0 saturated heterocycles. The van der Waals surface area contributed by atoms with Crippen LogP contribution >= 0.6 is 0 Å². The van der Waals surface area contributed by atoms with Crippen LogP contribution in [0.3, 0.4) is 0 Å². The largest absolute Gasteiger partial charge is 0.494 e. The summed E-state index contributed by atoms with van der Waals surface area (Å²) in [5, 5.41) is 3.45. The quantitative estimate of drug-likeness (QED) is 0.0886. The number of nitrogen functional groups attached to an aromatic ring is 1. The van der Waals surface area contributed by atoms with Gasteiger partial charge in [0.2, 0.25) is 0 Å². The van der Waals surface area contributed by atoms with E-state index in [-0.39, 0.29) is 22.9 Å². The second-order valence-corrected chi connectivity index (χ2v) is 10.7. The number of nitrogens with zero attached hydrogens (tertiary/aromatic N) is 1. The number of halogens is 2. The Morgan fingerprint density at radius 1 is 0.977 bits per heavy atom. The van der Waals surface area contributed by atoms with Crippen molar-refractivity contribution in [1.82, 2.24) is 4.57 Å². The average molecular weight is 602 g/mol. The highest BCUT2D eigenvalue weighted by Crippen LogP contribution is 2.41. The summed E-state index contributed by atoms with van der Waals surface area (Å²) in [4.78, 5) is 37.3. The highest BCUT2D eigenvalue weighted by molar-refractivity contribution is 6.11. The van der Waals surface area contributed by atoms with Gasteiger partial charge >= 0.3 is 5.97 Å². The second-order valence-electron chi connectivity index (χ2n) is 10.7. The fourth-order valence-electron chi connectivity index (χ4n) is 5.55. The van der Waals surface area contributed by atoms with Crippen molar-refractivity contribution in [3.63, 3.8) is 0 Å². The van der Waals surface area contributed by atoms with Gasteiger partial charge in [-0.1, -0.05) is 25.0 Å². The van der Waals surface area contributed by atoms with Crippen LogP contribution in [0.5, 0.6) is 11.5 Å². The van der Waals surface area contributed by atoms with E-state index in [4.69, 9.17) is 15.2 Å². The lowest BCUT2D eigenvalue weighted by Crippen LogP contribution is -2.23.